The summed E-state index contributed by atoms with van der Waals surface area (Å²) in [5, 5.41) is 8.16. The predicted molar refractivity (Wildman–Crippen MR) is 51.5 cm³/mol. The highest BCUT2D eigenvalue weighted by Crippen LogP contribution is 2.03. The lowest BCUT2D eigenvalue weighted by atomic mass is 10.3. The van der Waals surface area contributed by atoms with Crippen molar-refractivity contribution in [2.45, 2.75) is 33.1 Å². The van der Waals surface area contributed by atoms with Crippen LogP contribution in [0.1, 0.15) is 20.8 Å². The Kier molecular flexibility index (Phi) is 3.29. The van der Waals surface area contributed by atoms with Gasteiger partial charge in [-0.1, -0.05) is 6.92 Å². The average molecular weight is 200 g/mol. The summed E-state index contributed by atoms with van der Waals surface area (Å²) in [5.74, 6) is 0. The second kappa shape index (κ2) is 4.28. The van der Waals surface area contributed by atoms with Crippen molar-refractivity contribution in [1.82, 2.24) is 20.9 Å². The van der Waals surface area contributed by atoms with Gasteiger partial charge in [0.1, 0.15) is 0 Å². The summed E-state index contributed by atoms with van der Waals surface area (Å²) < 4.78 is 0. The molecule has 14 heavy (non-hydrogen) atoms. The normalized spacial score (nSPS) is 18.4. The van der Waals surface area contributed by atoms with Gasteiger partial charge >= 0.3 is 12.1 Å². The molecular formula is C8H16N4O2. The third kappa shape index (κ3) is 2.14. The van der Waals surface area contributed by atoms with E-state index < -0.39 is 6.29 Å². The minimum Gasteiger partial charge on any atom is -0.305 e. The summed E-state index contributed by atoms with van der Waals surface area (Å²) in [4.78, 5) is 24.0. The van der Waals surface area contributed by atoms with Crippen molar-refractivity contribution < 1.29 is 9.59 Å². The Morgan fingerprint density at radius 3 is 2.21 bits per heavy atom. The van der Waals surface area contributed by atoms with Crippen LogP contribution in [-0.2, 0) is 0 Å². The zero-order valence-corrected chi connectivity index (χ0v) is 8.63. The maximum atomic E-state index is 11.4. The quantitative estimate of drug-likeness (QED) is 0.601. The molecule has 1 heterocycles. The lowest BCUT2D eigenvalue weighted by Crippen LogP contribution is -2.68. The lowest BCUT2D eigenvalue weighted by Gasteiger charge is -2.34. The summed E-state index contributed by atoms with van der Waals surface area (Å²) in [5.41, 5.74) is 0. The second-order valence-corrected chi connectivity index (χ2v) is 3.35. The van der Waals surface area contributed by atoms with Crippen molar-refractivity contribution in [2.24, 2.45) is 0 Å². The zero-order chi connectivity index (χ0) is 10.7. The molecule has 6 heteroatoms. The average Bonchev–Trinajstić information content (AvgIpc) is 2.01. The highest BCUT2D eigenvalue weighted by Gasteiger charge is 2.32. The molecule has 0 aromatic heterocycles. The maximum Gasteiger partial charge on any atom is 0.328 e. The third-order valence-electron chi connectivity index (χ3n) is 1.90. The van der Waals surface area contributed by atoms with Gasteiger partial charge in [0, 0.05) is 6.04 Å². The number of carbonyl (C=O) groups excluding carboxylic acids is 2. The number of imide groups is 1. The van der Waals surface area contributed by atoms with E-state index in [1.165, 1.54) is 0 Å². The van der Waals surface area contributed by atoms with E-state index in [9.17, 15) is 9.59 Å². The summed E-state index contributed by atoms with van der Waals surface area (Å²) in [6.45, 7) is 6.14. The molecule has 1 rings (SSSR count). The number of nitrogens with zero attached hydrogens (tertiary/aromatic N) is 1. The smallest absolute Gasteiger partial charge is 0.305 e. The zero-order valence-electron chi connectivity index (χ0n) is 8.63. The van der Waals surface area contributed by atoms with Gasteiger partial charge in [0.05, 0.1) is 0 Å². The van der Waals surface area contributed by atoms with Crippen molar-refractivity contribution in [3.63, 3.8) is 0 Å². The van der Waals surface area contributed by atoms with Crippen LogP contribution in [0, 0.1) is 0 Å². The summed E-state index contributed by atoms with van der Waals surface area (Å²) in [7, 11) is 0. The summed E-state index contributed by atoms with van der Waals surface area (Å²) in [6.07, 6.45) is -0.463. The van der Waals surface area contributed by atoms with E-state index in [1.807, 2.05) is 6.92 Å². The van der Waals surface area contributed by atoms with Gasteiger partial charge in [-0.15, -0.1) is 0 Å². The number of hydrogen-bond donors (Lipinski definition) is 3. The standard InChI is InChI=1S/C8H16N4O2/c1-4-9-6-10-7(13)12(5(2)3)8(14)11-6/h5-6,9H,4H2,1-3H3,(H,10,13)(H,11,14). The van der Waals surface area contributed by atoms with Gasteiger partial charge in [-0.3, -0.25) is 5.32 Å². The summed E-state index contributed by atoms with van der Waals surface area (Å²) >= 11 is 0. The number of amides is 4. The second-order valence-electron chi connectivity index (χ2n) is 3.35. The number of urea groups is 2. The van der Waals surface area contributed by atoms with Crippen LogP contribution in [0.15, 0.2) is 0 Å². The fraction of sp³-hybridized carbons (Fsp3) is 0.750. The first kappa shape index (κ1) is 10.8. The molecular weight excluding hydrogens is 184 g/mol. The topological polar surface area (TPSA) is 73.5 Å². The van der Waals surface area contributed by atoms with Gasteiger partial charge in [0.2, 0.25) is 0 Å². The Bertz CT molecular complexity index is 223. The summed E-state index contributed by atoms with van der Waals surface area (Å²) in [6, 6.07) is -0.873. The SMILES string of the molecule is CCNC1NC(=O)N(C(C)C)C(=O)N1. The van der Waals surface area contributed by atoms with Gasteiger partial charge in [0.15, 0.2) is 6.29 Å². The van der Waals surface area contributed by atoms with Gasteiger partial charge in [-0.05, 0) is 20.4 Å². The fourth-order valence-electron chi connectivity index (χ4n) is 1.29. The number of rotatable bonds is 3. The molecule has 0 spiro atoms. The Balaban J connectivity index is 2.63. The number of hydrogen-bond acceptors (Lipinski definition) is 3. The molecule has 0 unspecified atom stereocenters. The van der Waals surface area contributed by atoms with Crippen LogP contribution in [0.3, 0.4) is 0 Å². The van der Waals surface area contributed by atoms with Crippen molar-refractivity contribution in [1.29, 1.82) is 0 Å². The van der Waals surface area contributed by atoms with E-state index in [4.69, 9.17) is 0 Å². The van der Waals surface area contributed by atoms with Gasteiger partial charge in [-0.2, -0.15) is 0 Å². The van der Waals surface area contributed by atoms with E-state index >= 15 is 0 Å². The molecule has 3 N–H and O–H groups in total. The molecule has 0 aromatic carbocycles. The molecule has 0 atom stereocenters. The molecule has 0 bridgehead atoms. The van der Waals surface area contributed by atoms with Crippen LogP contribution in [-0.4, -0.2) is 35.8 Å². The Morgan fingerprint density at radius 1 is 1.36 bits per heavy atom. The molecule has 6 nitrogen and oxygen atoms in total. The molecule has 0 saturated carbocycles. The van der Waals surface area contributed by atoms with Gasteiger partial charge in [0.25, 0.3) is 0 Å². The molecule has 0 radical (unpaired) electrons. The van der Waals surface area contributed by atoms with E-state index in [1.54, 1.807) is 13.8 Å². The van der Waals surface area contributed by atoms with E-state index in [0.717, 1.165) is 4.90 Å². The molecule has 1 fully saturated rings. The first-order valence-electron chi connectivity index (χ1n) is 4.70. The minimum absolute atomic E-state index is 0.141. The van der Waals surface area contributed by atoms with E-state index in [2.05, 4.69) is 16.0 Å². The molecule has 1 aliphatic heterocycles. The van der Waals surface area contributed by atoms with Crippen molar-refractivity contribution in [2.75, 3.05) is 6.54 Å². The predicted octanol–water partition coefficient (Wildman–Crippen LogP) is 0.0227. The maximum absolute atomic E-state index is 11.4. The Morgan fingerprint density at radius 2 is 1.86 bits per heavy atom. The van der Waals surface area contributed by atoms with Crippen LogP contribution < -0.4 is 16.0 Å². The van der Waals surface area contributed by atoms with E-state index in [-0.39, 0.29) is 18.1 Å². The van der Waals surface area contributed by atoms with E-state index in [0.29, 0.717) is 6.54 Å². The molecule has 0 aliphatic carbocycles. The highest BCUT2D eigenvalue weighted by atomic mass is 16.2. The minimum atomic E-state index is -0.463. The molecule has 1 aliphatic rings. The van der Waals surface area contributed by atoms with Crippen LogP contribution in [0.5, 0.6) is 0 Å². The van der Waals surface area contributed by atoms with Gasteiger partial charge in [-0.25, -0.2) is 14.5 Å². The highest BCUT2D eigenvalue weighted by molar-refractivity contribution is 5.96. The Labute approximate surface area is 83.0 Å². The first-order valence-corrected chi connectivity index (χ1v) is 4.70. The molecule has 1 saturated heterocycles. The first-order chi connectivity index (χ1) is 6.56. The monoisotopic (exact) mass is 200 g/mol. The van der Waals surface area contributed by atoms with Crippen LogP contribution in [0.4, 0.5) is 9.59 Å². The Hall–Kier alpha value is -1.30. The van der Waals surface area contributed by atoms with Crippen molar-refractivity contribution >= 4 is 12.1 Å². The van der Waals surface area contributed by atoms with Gasteiger partial charge < -0.3 is 10.6 Å². The number of carbonyl (C=O) groups is 2. The lowest BCUT2D eigenvalue weighted by molar-refractivity contribution is 0.149. The van der Waals surface area contributed by atoms with Crippen molar-refractivity contribution in [3.8, 4) is 0 Å². The third-order valence-corrected chi connectivity index (χ3v) is 1.90. The van der Waals surface area contributed by atoms with Crippen LogP contribution in [0.2, 0.25) is 0 Å². The molecule has 4 amide bonds. The largest absolute Gasteiger partial charge is 0.328 e. The van der Waals surface area contributed by atoms with Crippen LogP contribution in [0.25, 0.3) is 0 Å². The molecule has 0 aromatic rings. The van der Waals surface area contributed by atoms with Crippen molar-refractivity contribution in [3.05, 3.63) is 0 Å². The molecule has 80 valence electrons. The fourth-order valence-corrected chi connectivity index (χ4v) is 1.29. The van der Waals surface area contributed by atoms with Crippen LogP contribution >= 0.6 is 0 Å². The number of nitrogens with one attached hydrogen (secondary N) is 3.